The summed E-state index contributed by atoms with van der Waals surface area (Å²) in [7, 11) is 1.02. The molecule has 2 nitrogen and oxygen atoms in total. The molecule has 1 aliphatic heterocycles. The van der Waals surface area contributed by atoms with Gasteiger partial charge in [-0.25, -0.2) is 0 Å². The summed E-state index contributed by atoms with van der Waals surface area (Å²) in [6, 6.07) is 8.30. The van der Waals surface area contributed by atoms with Crippen LogP contribution in [0.15, 0.2) is 24.3 Å². The van der Waals surface area contributed by atoms with Crippen LogP contribution in [0.1, 0.15) is 5.56 Å². The molecule has 0 saturated carbocycles. The van der Waals surface area contributed by atoms with Crippen molar-refractivity contribution in [3.63, 3.8) is 0 Å². The molecule has 3 heteroatoms. The molecule has 1 heterocycles. The van der Waals surface area contributed by atoms with Gasteiger partial charge in [0, 0.05) is 0 Å². The second-order valence-corrected chi connectivity index (χ2v) is 3.08. The van der Waals surface area contributed by atoms with Crippen molar-refractivity contribution < 1.29 is 4.84 Å². The Morgan fingerprint density at radius 1 is 1.42 bits per heavy atom. The van der Waals surface area contributed by atoms with Crippen LogP contribution in [0.2, 0.25) is 6.32 Å². The minimum atomic E-state index is 0.855. The molecular formula is C9H12BNO. The lowest BCUT2D eigenvalue weighted by molar-refractivity contribution is 0.185. The molecule has 0 atom stereocenters. The molecule has 1 aliphatic rings. The van der Waals surface area contributed by atoms with E-state index in [0.29, 0.717) is 0 Å². The van der Waals surface area contributed by atoms with E-state index in [0.717, 1.165) is 20.3 Å². The normalized spacial score (nSPS) is 16.2. The zero-order valence-electron chi connectivity index (χ0n) is 7.29. The second kappa shape index (κ2) is 3.19. The van der Waals surface area contributed by atoms with E-state index in [9.17, 15) is 0 Å². The van der Waals surface area contributed by atoms with E-state index < -0.39 is 0 Å². The van der Waals surface area contributed by atoms with Crippen molar-refractivity contribution in [2.45, 2.75) is 13.2 Å². The molecule has 1 saturated heterocycles. The standard InChI is InChI=1S/C9H12BNO/c1-8-4-2-3-5-9(8)11-10-6-7-12-11/h2-5,10H,6-7H2,1H3. The number of hydrogen-bond acceptors (Lipinski definition) is 2. The van der Waals surface area contributed by atoms with Crippen LogP contribution in [-0.4, -0.2) is 14.0 Å². The third-order valence-electron chi connectivity index (χ3n) is 2.14. The van der Waals surface area contributed by atoms with Crippen molar-refractivity contribution in [1.82, 2.24) is 0 Å². The monoisotopic (exact) mass is 161 g/mol. The highest BCUT2D eigenvalue weighted by molar-refractivity contribution is 6.41. The van der Waals surface area contributed by atoms with Gasteiger partial charge in [-0.05, 0) is 24.9 Å². The lowest BCUT2D eigenvalue weighted by Crippen LogP contribution is -2.19. The lowest BCUT2D eigenvalue weighted by Gasteiger charge is -2.18. The predicted octanol–water partition coefficient (Wildman–Crippen LogP) is 1.52. The number of aryl methyl sites for hydroxylation is 1. The molecule has 0 aromatic heterocycles. The molecule has 62 valence electrons. The van der Waals surface area contributed by atoms with Crippen molar-refractivity contribution in [1.29, 1.82) is 0 Å². The number of benzene rings is 1. The minimum Gasteiger partial charge on any atom is -0.305 e. The summed E-state index contributed by atoms with van der Waals surface area (Å²) < 4.78 is 0. The molecule has 0 spiro atoms. The Balaban J connectivity index is 2.26. The Morgan fingerprint density at radius 3 is 2.92 bits per heavy atom. The topological polar surface area (TPSA) is 12.5 Å². The number of anilines is 1. The highest BCUT2D eigenvalue weighted by Crippen LogP contribution is 2.21. The highest BCUT2D eigenvalue weighted by atomic mass is 16.7. The molecule has 0 aliphatic carbocycles. The van der Waals surface area contributed by atoms with Gasteiger partial charge in [-0.1, -0.05) is 18.2 Å². The summed E-state index contributed by atoms with van der Waals surface area (Å²) in [5, 5.41) is 0. The van der Waals surface area contributed by atoms with Crippen LogP contribution >= 0.6 is 0 Å². The van der Waals surface area contributed by atoms with Crippen molar-refractivity contribution in [2.75, 3.05) is 11.6 Å². The van der Waals surface area contributed by atoms with Crippen molar-refractivity contribution >= 4 is 13.1 Å². The Bertz CT molecular complexity index is 271. The summed E-state index contributed by atoms with van der Waals surface area (Å²) in [6.45, 7) is 2.96. The van der Waals surface area contributed by atoms with E-state index in [-0.39, 0.29) is 0 Å². The quantitative estimate of drug-likeness (QED) is 0.579. The van der Waals surface area contributed by atoms with Crippen LogP contribution in [0, 0.1) is 6.92 Å². The van der Waals surface area contributed by atoms with Gasteiger partial charge < -0.3 is 4.97 Å². The van der Waals surface area contributed by atoms with Gasteiger partial charge in [-0.15, -0.1) is 0 Å². The van der Waals surface area contributed by atoms with E-state index in [1.807, 2.05) is 11.0 Å². The molecule has 0 radical (unpaired) electrons. The summed E-state index contributed by atoms with van der Waals surface area (Å²) in [6.07, 6.45) is 1.13. The van der Waals surface area contributed by atoms with Crippen LogP contribution in [-0.2, 0) is 4.84 Å². The zero-order valence-corrected chi connectivity index (χ0v) is 7.29. The molecule has 0 N–H and O–H groups in total. The van der Waals surface area contributed by atoms with Gasteiger partial charge in [0.05, 0.1) is 12.3 Å². The Kier molecular flexibility index (Phi) is 2.04. The SMILES string of the molecule is Cc1ccccc1N1BCCO1. The van der Waals surface area contributed by atoms with Gasteiger partial charge in [0.15, 0.2) is 0 Å². The van der Waals surface area contributed by atoms with Gasteiger partial charge in [0.25, 0.3) is 7.41 Å². The first kappa shape index (κ1) is 7.68. The van der Waals surface area contributed by atoms with Gasteiger partial charge in [0.1, 0.15) is 0 Å². The average molecular weight is 161 g/mol. The molecule has 2 rings (SSSR count). The molecule has 0 bridgehead atoms. The molecule has 1 aromatic rings. The van der Waals surface area contributed by atoms with E-state index in [4.69, 9.17) is 4.84 Å². The maximum atomic E-state index is 5.45. The summed E-state index contributed by atoms with van der Waals surface area (Å²) in [5.74, 6) is 0. The van der Waals surface area contributed by atoms with Crippen LogP contribution in [0.4, 0.5) is 5.69 Å². The third-order valence-corrected chi connectivity index (χ3v) is 2.14. The maximum Gasteiger partial charge on any atom is 0.275 e. The molecule has 12 heavy (non-hydrogen) atoms. The molecule has 0 unspecified atom stereocenters. The van der Waals surface area contributed by atoms with Crippen LogP contribution in [0.3, 0.4) is 0 Å². The van der Waals surface area contributed by atoms with Gasteiger partial charge in [-0.3, -0.25) is 4.84 Å². The first-order valence-electron chi connectivity index (χ1n) is 4.34. The summed E-state index contributed by atoms with van der Waals surface area (Å²) >= 11 is 0. The fourth-order valence-electron chi connectivity index (χ4n) is 1.48. The number of para-hydroxylation sites is 1. The fraction of sp³-hybridized carbons (Fsp3) is 0.333. The van der Waals surface area contributed by atoms with Crippen molar-refractivity contribution in [2.24, 2.45) is 0 Å². The van der Waals surface area contributed by atoms with Gasteiger partial charge in [-0.2, -0.15) is 0 Å². The number of nitrogens with zero attached hydrogens (tertiary/aromatic N) is 1. The van der Waals surface area contributed by atoms with Crippen molar-refractivity contribution in [3.05, 3.63) is 29.8 Å². The van der Waals surface area contributed by atoms with Crippen LogP contribution < -0.4 is 4.97 Å². The fourth-order valence-corrected chi connectivity index (χ4v) is 1.48. The van der Waals surface area contributed by atoms with E-state index in [2.05, 4.69) is 25.1 Å². The smallest absolute Gasteiger partial charge is 0.275 e. The maximum absolute atomic E-state index is 5.45. The highest BCUT2D eigenvalue weighted by Gasteiger charge is 2.15. The largest absolute Gasteiger partial charge is 0.305 e. The molecule has 1 fully saturated rings. The van der Waals surface area contributed by atoms with Gasteiger partial charge in [0.2, 0.25) is 0 Å². The van der Waals surface area contributed by atoms with Crippen LogP contribution in [0.25, 0.3) is 0 Å². The third kappa shape index (κ3) is 1.32. The second-order valence-electron chi connectivity index (χ2n) is 3.08. The minimum absolute atomic E-state index is 0.855. The Labute approximate surface area is 73.4 Å². The summed E-state index contributed by atoms with van der Waals surface area (Å²) in [5.41, 5.74) is 2.48. The van der Waals surface area contributed by atoms with Gasteiger partial charge >= 0.3 is 0 Å². The Hall–Kier alpha value is -0.955. The molecule has 0 amide bonds. The van der Waals surface area contributed by atoms with E-state index in [1.165, 1.54) is 11.3 Å². The van der Waals surface area contributed by atoms with Crippen molar-refractivity contribution in [3.8, 4) is 0 Å². The summed E-state index contributed by atoms with van der Waals surface area (Å²) in [4.78, 5) is 7.43. The number of rotatable bonds is 1. The molecular weight excluding hydrogens is 149 g/mol. The van der Waals surface area contributed by atoms with E-state index in [1.54, 1.807) is 0 Å². The molecule has 1 aromatic carbocycles. The van der Waals surface area contributed by atoms with E-state index >= 15 is 0 Å². The number of hydrogen-bond donors (Lipinski definition) is 0. The van der Waals surface area contributed by atoms with Crippen LogP contribution in [0.5, 0.6) is 0 Å². The lowest BCUT2D eigenvalue weighted by atomic mass is 9.90. The first-order valence-corrected chi connectivity index (χ1v) is 4.34. The zero-order chi connectivity index (χ0) is 8.39. The Morgan fingerprint density at radius 2 is 2.25 bits per heavy atom. The average Bonchev–Trinajstić information content (AvgIpc) is 2.57. The predicted molar refractivity (Wildman–Crippen MR) is 51.6 cm³/mol. The first-order chi connectivity index (χ1) is 5.88.